The Bertz CT molecular complexity index is 420. The van der Waals surface area contributed by atoms with Crippen molar-refractivity contribution in [1.29, 1.82) is 0 Å². The highest BCUT2D eigenvalue weighted by Crippen LogP contribution is 2.27. The number of anilines is 2. The van der Waals surface area contributed by atoms with Crippen molar-refractivity contribution in [2.75, 3.05) is 50.0 Å². The molecule has 1 N–H and O–H groups in total. The first-order valence-electron chi connectivity index (χ1n) is 7.95. The predicted octanol–water partition coefficient (Wildman–Crippen LogP) is 2.44. The molecule has 0 atom stereocenters. The van der Waals surface area contributed by atoms with Gasteiger partial charge in [0.05, 0.1) is 5.69 Å². The highest BCUT2D eigenvalue weighted by molar-refractivity contribution is 5.65. The Balaban J connectivity index is 1.59. The molecule has 0 saturated carbocycles. The third kappa shape index (κ3) is 3.23. The van der Waals surface area contributed by atoms with Gasteiger partial charge in [-0.15, -0.1) is 0 Å². The zero-order chi connectivity index (χ0) is 13.8. The molecular weight excluding hydrogens is 248 g/mol. The van der Waals surface area contributed by atoms with Gasteiger partial charge in [-0.05, 0) is 63.9 Å². The van der Waals surface area contributed by atoms with Crippen molar-refractivity contribution in [3.63, 3.8) is 0 Å². The maximum Gasteiger partial charge on any atom is 0.151 e. The third-order valence-corrected chi connectivity index (χ3v) is 4.61. The van der Waals surface area contributed by atoms with Gasteiger partial charge >= 0.3 is 0 Å². The van der Waals surface area contributed by atoms with Crippen LogP contribution in [0.4, 0.5) is 11.5 Å². The third-order valence-electron chi connectivity index (χ3n) is 4.61. The Morgan fingerprint density at radius 3 is 2.70 bits per heavy atom. The molecule has 4 heteroatoms. The standard InChI is InChI=1S/C16H26N4/c1-19-11-6-14(7-12-19)13-18-15-5-4-8-17-16(15)20-9-2-3-10-20/h4-5,8,14,18H,2-3,6-7,9-13H2,1H3. The first kappa shape index (κ1) is 13.7. The first-order valence-corrected chi connectivity index (χ1v) is 7.95. The Kier molecular flexibility index (Phi) is 4.41. The SMILES string of the molecule is CN1CCC(CNc2cccnc2N2CCCC2)CC1. The smallest absolute Gasteiger partial charge is 0.151 e. The average Bonchev–Trinajstić information content (AvgIpc) is 3.01. The van der Waals surface area contributed by atoms with E-state index in [9.17, 15) is 0 Å². The maximum atomic E-state index is 4.59. The molecule has 2 saturated heterocycles. The van der Waals surface area contributed by atoms with E-state index in [-0.39, 0.29) is 0 Å². The van der Waals surface area contributed by atoms with Crippen LogP contribution in [-0.4, -0.2) is 49.7 Å². The Morgan fingerprint density at radius 2 is 1.95 bits per heavy atom. The van der Waals surface area contributed by atoms with Crippen molar-refractivity contribution in [2.24, 2.45) is 5.92 Å². The molecule has 4 nitrogen and oxygen atoms in total. The van der Waals surface area contributed by atoms with Gasteiger partial charge in [-0.3, -0.25) is 0 Å². The fourth-order valence-corrected chi connectivity index (χ4v) is 3.24. The highest BCUT2D eigenvalue weighted by atomic mass is 15.2. The number of hydrogen-bond acceptors (Lipinski definition) is 4. The summed E-state index contributed by atoms with van der Waals surface area (Å²) in [6.45, 7) is 5.86. The van der Waals surface area contributed by atoms with E-state index >= 15 is 0 Å². The molecule has 20 heavy (non-hydrogen) atoms. The summed E-state index contributed by atoms with van der Waals surface area (Å²) in [6, 6.07) is 4.21. The lowest BCUT2D eigenvalue weighted by Gasteiger charge is -2.29. The summed E-state index contributed by atoms with van der Waals surface area (Å²) in [4.78, 5) is 9.43. The molecule has 1 aromatic heterocycles. The molecule has 2 fully saturated rings. The molecule has 2 aliphatic heterocycles. The van der Waals surface area contributed by atoms with Crippen molar-refractivity contribution in [2.45, 2.75) is 25.7 Å². The van der Waals surface area contributed by atoms with E-state index in [1.165, 1.54) is 44.5 Å². The summed E-state index contributed by atoms with van der Waals surface area (Å²) in [6.07, 6.45) is 7.12. The van der Waals surface area contributed by atoms with Gasteiger partial charge in [0.15, 0.2) is 5.82 Å². The molecule has 0 aromatic carbocycles. The van der Waals surface area contributed by atoms with Gasteiger partial charge in [-0.1, -0.05) is 0 Å². The number of pyridine rings is 1. The topological polar surface area (TPSA) is 31.4 Å². The fraction of sp³-hybridized carbons (Fsp3) is 0.688. The second-order valence-corrected chi connectivity index (χ2v) is 6.20. The molecule has 3 rings (SSSR count). The largest absolute Gasteiger partial charge is 0.382 e. The molecule has 0 amide bonds. The quantitative estimate of drug-likeness (QED) is 0.914. The number of nitrogens with zero attached hydrogens (tertiary/aromatic N) is 3. The first-order chi connectivity index (χ1) is 9.83. The lowest BCUT2D eigenvalue weighted by Crippen LogP contribution is -2.33. The molecule has 110 valence electrons. The van der Waals surface area contributed by atoms with Crippen LogP contribution in [0.25, 0.3) is 0 Å². The van der Waals surface area contributed by atoms with E-state index < -0.39 is 0 Å². The van der Waals surface area contributed by atoms with Gasteiger partial charge in [0.2, 0.25) is 0 Å². The average molecular weight is 274 g/mol. The molecule has 0 unspecified atom stereocenters. The Morgan fingerprint density at radius 1 is 1.20 bits per heavy atom. The Hall–Kier alpha value is -1.29. The lowest BCUT2D eigenvalue weighted by molar-refractivity contribution is 0.226. The number of aromatic nitrogens is 1. The summed E-state index contributed by atoms with van der Waals surface area (Å²) in [5.74, 6) is 1.95. The van der Waals surface area contributed by atoms with Crippen LogP contribution in [0, 0.1) is 5.92 Å². The van der Waals surface area contributed by atoms with Gasteiger partial charge in [0.25, 0.3) is 0 Å². The predicted molar refractivity (Wildman–Crippen MR) is 84.4 cm³/mol. The number of piperidine rings is 1. The molecule has 0 radical (unpaired) electrons. The summed E-state index contributed by atoms with van der Waals surface area (Å²) < 4.78 is 0. The van der Waals surface area contributed by atoms with Gasteiger partial charge in [-0.25, -0.2) is 4.98 Å². The second-order valence-electron chi connectivity index (χ2n) is 6.20. The molecule has 3 heterocycles. The molecule has 2 aliphatic rings. The summed E-state index contributed by atoms with van der Waals surface area (Å²) in [5, 5.41) is 3.65. The van der Waals surface area contributed by atoms with Gasteiger partial charge in [0.1, 0.15) is 0 Å². The molecule has 0 aliphatic carbocycles. The normalized spacial score (nSPS) is 21.4. The Labute approximate surface area is 122 Å². The monoisotopic (exact) mass is 274 g/mol. The zero-order valence-electron chi connectivity index (χ0n) is 12.5. The highest BCUT2D eigenvalue weighted by Gasteiger charge is 2.19. The van der Waals surface area contributed by atoms with E-state index in [1.54, 1.807) is 0 Å². The van der Waals surface area contributed by atoms with Gasteiger partial charge < -0.3 is 15.1 Å². The van der Waals surface area contributed by atoms with Crippen molar-refractivity contribution in [3.8, 4) is 0 Å². The molecule has 0 spiro atoms. The van der Waals surface area contributed by atoms with E-state index in [0.29, 0.717) is 0 Å². The minimum absolute atomic E-state index is 0.804. The van der Waals surface area contributed by atoms with Crippen LogP contribution in [0.2, 0.25) is 0 Å². The number of likely N-dealkylation sites (tertiary alicyclic amines) is 1. The van der Waals surface area contributed by atoms with Crippen molar-refractivity contribution in [1.82, 2.24) is 9.88 Å². The van der Waals surface area contributed by atoms with Crippen LogP contribution in [0.5, 0.6) is 0 Å². The lowest BCUT2D eigenvalue weighted by atomic mass is 9.97. The van der Waals surface area contributed by atoms with E-state index in [1.807, 2.05) is 12.3 Å². The van der Waals surface area contributed by atoms with E-state index in [0.717, 1.165) is 31.4 Å². The fourth-order valence-electron chi connectivity index (χ4n) is 3.24. The molecule has 0 bridgehead atoms. The van der Waals surface area contributed by atoms with Gasteiger partial charge in [-0.2, -0.15) is 0 Å². The van der Waals surface area contributed by atoms with Crippen molar-refractivity contribution in [3.05, 3.63) is 18.3 Å². The van der Waals surface area contributed by atoms with Crippen LogP contribution in [0.15, 0.2) is 18.3 Å². The van der Waals surface area contributed by atoms with E-state index in [4.69, 9.17) is 0 Å². The molecular formula is C16H26N4. The minimum Gasteiger partial charge on any atom is -0.382 e. The number of rotatable bonds is 4. The van der Waals surface area contributed by atoms with Crippen LogP contribution in [0.1, 0.15) is 25.7 Å². The summed E-state index contributed by atoms with van der Waals surface area (Å²) in [7, 11) is 2.22. The summed E-state index contributed by atoms with van der Waals surface area (Å²) >= 11 is 0. The molecule has 1 aromatic rings. The number of nitrogens with one attached hydrogen (secondary N) is 1. The van der Waals surface area contributed by atoms with Crippen molar-refractivity contribution < 1.29 is 0 Å². The summed E-state index contributed by atoms with van der Waals surface area (Å²) in [5.41, 5.74) is 1.22. The minimum atomic E-state index is 0.804. The van der Waals surface area contributed by atoms with E-state index in [2.05, 4.69) is 33.2 Å². The van der Waals surface area contributed by atoms with Crippen LogP contribution >= 0.6 is 0 Å². The number of hydrogen-bond donors (Lipinski definition) is 1. The van der Waals surface area contributed by atoms with Gasteiger partial charge in [0, 0.05) is 25.8 Å². The van der Waals surface area contributed by atoms with Crippen LogP contribution < -0.4 is 10.2 Å². The zero-order valence-corrected chi connectivity index (χ0v) is 12.5. The van der Waals surface area contributed by atoms with Crippen LogP contribution in [0.3, 0.4) is 0 Å². The van der Waals surface area contributed by atoms with Crippen LogP contribution in [-0.2, 0) is 0 Å². The van der Waals surface area contributed by atoms with Crippen molar-refractivity contribution >= 4 is 11.5 Å². The second kappa shape index (κ2) is 6.44. The maximum absolute atomic E-state index is 4.59.